The van der Waals surface area contributed by atoms with Gasteiger partial charge in [0.15, 0.2) is 0 Å². The Bertz CT molecular complexity index is 819. The highest BCUT2D eigenvalue weighted by Gasteiger charge is 2.22. The van der Waals surface area contributed by atoms with E-state index in [0.29, 0.717) is 0 Å². The molecule has 1 aromatic carbocycles. The molecule has 1 N–H and O–H groups in total. The van der Waals surface area contributed by atoms with E-state index in [1.807, 2.05) is 29.1 Å². The highest BCUT2D eigenvalue weighted by atomic mass is 15.3. The van der Waals surface area contributed by atoms with Gasteiger partial charge in [0.2, 0.25) is 0 Å². The van der Waals surface area contributed by atoms with Gasteiger partial charge in [0.05, 0.1) is 11.4 Å². The Labute approximate surface area is 142 Å². The Morgan fingerprint density at radius 1 is 1.08 bits per heavy atom. The fourth-order valence-electron chi connectivity index (χ4n) is 3.27. The van der Waals surface area contributed by atoms with Gasteiger partial charge in [-0.05, 0) is 55.5 Å². The van der Waals surface area contributed by atoms with Gasteiger partial charge in [0.1, 0.15) is 11.5 Å². The van der Waals surface area contributed by atoms with Crippen LogP contribution in [0.3, 0.4) is 0 Å². The zero-order chi connectivity index (χ0) is 16.4. The largest absolute Gasteiger partial charge is 0.370 e. The molecule has 24 heavy (non-hydrogen) atoms. The van der Waals surface area contributed by atoms with E-state index in [1.54, 1.807) is 0 Å². The van der Waals surface area contributed by atoms with Crippen molar-refractivity contribution in [1.82, 2.24) is 14.8 Å². The first-order chi connectivity index (χ1) is 11.9. The summed E-state index contributed by atoms with van der Waals surface area (Å²) < 4.78 is 2.05. The number of benzene rings is 1. The number of hydrogen-bond acceptors (Lipinski definition) is 3. The monoisotopic (exact) mass is 318 g/mol. The van der Waals surface area contributed by atoms with E-state index in [-0.39, 0.29) is 0 Å². The predicted octanol–water partition coefficient (Wildman–Crippen LogP) is 4.24. The zero-order valence-corrected chi connectivity index (χ0v) is 14.0. The van der Waals surface area contributed by atoms with Gasteiger partial charge in [-0.1, -0.05) is 25.1 Å². The lowest BCUT2D eigenvalue weighted by atomic mass is 10.1. The summed E-state index contributed by atoms with van der Waals surface area (Å²) in [6.07, 6.45) is 6.29. The number of aromatic nitrogens is 3. The fraction of sp³-hybridized carbons (Fsp3) is 0.300. The predicted molar refractivity (Wildman–Crippen MR) is 97.6 cm³/mol. The number of anilines is 1. The number of pyridine rings is 1. The lowest BCUT2D eigenvalue weighted by Crippen LogP contribution is -2.07. The van der Waals surface area contributed by atoms with Crippen molar-refractivity contribution in [2.24, 2.45) is 0 Å². The van der Waals surface area contributed by atoms with Crippen LogP contribution in [0.1, 0.15) is 30.9 Å². The van der Waals surface area contributed by atoms with Crippen LogP contribution in [-0.2, 0) is 12.8 Å². The van der Waals surface area contributed by atoms with E-state index < -0.39 is 0 Å². The molecule has 0 saturated heterocycles. The molecule has 3 heterocycles. The van der Waals surface area contributed by atoms with E-state index >= 15 is 0 Å². The summed E-state index contributed by atoms with van der Waals surface area (Å²) in [5.74, 6) is 1.12. The van der Waals surface area contributed by atoms with Crippen molar-refractivity contribution in [2.45, 2.75) is 32.6 Å². The van der Waals surface area contributed by atoms with Crippen molar-refractivity contribution < 1.29 is 0 Å². The molecule has 0 aliphatic carbocycles. The molecular weight excluding hydrogens is 296 g/mol. The summed E-state index contributed by atoms with van der Waals surface area (Å²) in [6, 6.07) is 14.7. The van der Waals surface area contributed by atoms with Gasteiger partial charge in [-0.25, -0.2) is 4.68 Å². The zero-order valence-electron chi connectivity index (χ0n) is 14.0. The van der Waals surface area contributed by atoms with Crippen LogP contribution in [-0.4, -0.2) is 21.3 Å². The van der Waals surface area contributed by atoms with Crippen LogP contribution in [0.15, 0.2) is 48.7 Å². The first-order valence-electron chi connectivity index (χ1n) is 8.73. The average Bonchev–Trinajstić information content (AvgIpc) is 2.84. The third-order valence-electron chi connectivity index (χ3n) is 4.63. The Morgan fingerprint density at radius 3 is 2.71 bits per heavy atom. The van der Waals surface area contributed by atoms with Crippen molar-refractivity contribution >= 4 is 5.82 Å². The summed E-state index contributed by atoms with van der Waals surface area (Å²) >= 11 is 0. The molecule has 0 unspecified atom stereocenters. The second-order valence-corrected chi connectivity index (χ2v) is 6.21. The molecule has 1 aliphatic rings. The summed E-state index contributed by atoms with van der Waals surface area (Å²) in [6.45, 7) is 3.17. The minimum atomic E-state index is 0.946. The van der Waals surface area contributed by atoms with Crippen LogP contribution < -0.4 is 5.32 Å². The standard InChI is InChI=1S/C20H22N4/c1-2-15-9-11-16(12-10-15)24-20-17(7-3-5-14-22-20)19(23-24)18-8-4-6-13-21-18/h4,6,8-13,22H,2-3,5,7,14H2,1H3. The number of aryl methyl sites for hydroxylation is 1. The smallest absolute Gasteiger partial charge is 0.133 e. The maximum absolute atomic E-state index is 4.92. The minimum absolute atomic E-state index is 0.946. The molecular formula is C20H22N4. The van der Waals surface area contributed by atoms with E-state index in [2.05, 4.69) is 41.5 Å². The molecule has 0 fully saturated rings. The van der Waals surface area contributed by atoms with Gasteiger partial charge >= 0.3 is 0 Å². The summed E-state index contributed by atoms with van der Waals surface area (Å²) in [5.41, 5.74) is 5.67. The van der Waals surface area contributed by atoms with E-state index in [1.165, 1.54) is 24.0 Å². The third-order valence-corrected chi connectivity index (χ3v) is 4.63. The normalized spacial score (nSPS) is 13.9. The Kier molecular flexibility index (Phi) is 4.03. The molecule has 4 heteroatoms. The number of nitrogens with zero attached hydrogens (tertiary/aromatic N) is 3. The molecule has 0 amide bonds. The topological polar surface area (TPSA) is 42.7 Å². The van der Waals surface area contributed by atoms with Crippen LogP contribution >= 0.6 is 0 Å². The van der Waals surface area contributed by atoms with Gasteiger partial charge < -0.3 is 5.32 Å². The first kappa shape index (κ1) is 14.9. The van der Waals surface area contributed by atoms with Crippen LogP contribution in [0, 0.1) is 0 Å². The van der Waals surface area contributed by atoms with Crippen LogP contribution in [0.5, 0.6) is 0 Å². The van der Waals surface area contributed by atoms with Gasteiger partial charge in [0, 0.05) is 18.3 Å². The fourth-order valence-corrected chi connectivity index (χ4v) is 3.27. The van der Waals surface area contributed by atoms with Crippen molar-refractivity contribution in [2.75, 3.05) is 11.9 Å². The van der Waals surface area contributed by atoms with E-state index in [9.17, 15) is 0 Å². The van der Waals surface area contributed by atoms with Gasteiger partial charge in [-0.2, -0.15) is 5.10 Å². The van der Waals surface area contributed by atoms with E-state index in [0.717, 1.165) is 42.3 Å². The van der Waals surface area contributed by atoms with Crippen LogP contribution in [0.4, 0.5) is 5.82 Å². The van der Waals surface area contributed by atoms with Gasteiger partial charge in [-0.3, -0.25) is 4.98 Å². The molecule has 4 rings (SSSR count). The lowest BCUT2D eigenvalue weighted by molar-refractivity contribution is 0.779. The second kappa shape index (κ2) is 6.48. The molecule has 0 atom stereocenters. The molecule has 0 saturated carbocycles. The minimum Gasteiger partial charge on any atom is -0.370 e. The maximum atomic E-state index is 4.92. The average molecular weight is 318 g/mol. The van der Waals surface area contributed by atoms with Gasteiger partial charge in [0.25, 0.3) is 0 Å². The van der Waals surface area contributed by atoms with Crippen LogP contribution in [0.25, 0.3) is 17.1 Å². The van der Waals surface area contributed by atoms with Crippen LogP contribution in [0.2, 0.25) is 0 Å². The molecule has 0 bridgehead atoms. The third kappa shape index (κ3) is 2.68. The van der Waals surface area contributed by atoms with E-state index in [4.69, 9.17) is 5.10 Å². The Hall–Kier alpha value is -2.62. The number of fused-ring (bicyclic) bond motifs is 1. The molecule has 1 aliphatic heterocycles. The van der Waals surface area contributed by atoms with Crippen molar-refractivity contribution in [3.8, 4) is 17.1 Å². The van der Waals surface area contributed by atoms with Gasteiger partial charge in [-0.15, -0.1) is 0 Å². The van der Waals surface area contributed by atoms with Crippen molar-refractivity contribution in [3.05, 3.63) is 59.8 Å². The summed E-state index contributed by atoms with van der Waals surface area (Å²) in [4.78, 5) is 4.52. The molecule has 3 aromatic rings. The molecule has 122 valence electrons. The highest BCUT2D eigenvalue weighted by molar-refractivity contribution is 5.68. The maximum Gasteiger partial charge on any atom is 0.133 e. The number of rotatable bonds is 3. The van der Waals surface area contributed by atoms with Crippen molar-refractivity contribution in [1.29, 1.82) is 0 Å². The molecule has 0 radical (unpaired) electrons. The SMILES string of the molecule is CCc1ccc(-n2nc(-c3ccccn3)c3c2NCCCC3)cc1. The lowest BCUT2D eigenvalue weighted by Gasteiger charge is -2.09. The summed E-state index contributed by atoms with van der Waals surface area (Å²) in [5, 5.41) is 8.50. The highest BCUT2D eigenvalue weighted by Crippen LogP contribution is 2.33. The van der Waals surface area contributed by atoms with Crippen molar-refractivity contribution in [3.63, 3.8) is 0 Å². The molecule has 4 nitrogen and oxygen atoms in total. The summed E-state index contributed by atoms with van der Waals surface area (Å²) in [7, 11) is 0. The first-order valence-corrected chi connectivity index (χ1v) is 8.73. The second-order valence-electron chi connectivity index (χ2n) is 6.21. The number of nitrogens with one attached hydrogen (secondary N) is 1. The Balaban J connectivity index is 1.86. The Morgan fingerprint density at radius 2 is 1.96 bits per heavy atom. The molecule has 2 aromatic heterocycles. The quantitative estimate of drug-likeness (QED) is 0.785. The molecule has 0 spiro atoms. The number of hydrogen-bond donors (Lipinski definition) is 1.